The van der Waals surface area contributed by atoms with Crippen molar-refractivity contribution in [2.75, 3.05) is 18.1 Å². The summed E-state index contributed by atoms with van der Waals surface area (Å²) in [5, 5.41) is 5.80. The molecule has 1 atom stereocenters. The molecule has 2 heterocycles. The van der Waals surface area contributed by atoms with Crippen LogP contribution in [-0.4, -0.2) is 35.0 Å². The summed E-state index contributed by atoms with van der Waals surface area (Å²) in [6.07, 6.45) is 3.01. The summed E-state index contributed by atoms with van der Waals surface area (Å²) in [7, 11) is 0. The minimum atomic E-state index is -0.0444. The third-order valence-electron chi connectivity index (χ3n) is 2.64. The molecule has 17 heavy (non-hydrogen) atoms. The summed E-state index contributed by atoms with van der Waals surface area (Å²) in [5.41, 5.74) is 5.99. The van der Waals surface area contributed by atoms with E-state index in [2.05, 4.69) is 10.3 Å². The maximum absolute atomic E-state index is 11.9. The van der Waals surface area contributed by atoms with Crippen molar-refractivity contribution in [2.45, 2.75) is 25.3 Å². The molecule has 94 valence electrons. The van der Waals surface area contributed by atoms with E-state index in [0.717, 1.165) is 23.6 Å². The average Bonchev–Trinajstić information content (AvgIpc) is 2.79. The van der Waals surface area contributed by atoms with Gasteiger partial charge in [0, 0.05) is 23.6 Å². The monoisotopic (exact) mass is 271 g/mol. The zero-order chi connectivity index (χ0) is 12.1. The van der Waals surface area contributed by atoms with Gasteiger partial charge in [0.2, 0.25) is 0 Å². The van der Waals surface area contributed by atoms with Crippen molar-refractivity contribution in [1.82, 2.24) is 10.3 Å². The van der Waals surface area contributed by atoms with E-state index in [0.29, 0.717) is 18.3 Å². The third kappa shape index (κ3) is 3.69. The van der Waals surface area contributed by atoms with E-state index in [4.69, 9.17) is 5.73 Å². The second-order valence-electron chi connectivity index (χ2n) is 4.05. The number of hydrogen-bond donors (Lipinski definition) is 2. The molecule has 1 unspecified atom stereocenters. The number of amides is 1. The summed E-state index contributed by atoms with van der Waals surface area (Å²) < 4.78 is 0. The molecule has 1 aliphatic heterocycles. The second kappa shape index (κ2) is 6.37. The zero-order valence-electron chi connectivity index (χ0n) is 9.65. The Morgan fingerprint density at radius 1 is 1.65 bits per heavy atom. The largest absolute Gasteiger partial charge is 0.347 e. The Labute approximate surface area is 109 Å². The van der Waals surface area contributed by atoms with Crippen LogP contribution in [0.3, 0.4) is 0 Å². The first-order valence-corrected chi connectivity index (χ1v) is 7.86. The predicted octanol–water partition coefficient (Wildman–Crippen LogP) is 1.27. The van der Waals surface area contributed by atoms with Gasteiger partial charge in [-0.3, -0.25) is 4.79 Å². The molecule has 1 fully saturated rings. The molecule has 0 aliphatic carbocycles. The lowest BCUT2D eigenvalue weighted by atomic mass is 10.2. The van der Waals surface area contributed by atoms with Crippen LogP contribution in [0.25, 0.3) is 0 Å². The van der Waals surface area contributed by atoms with Gasteiger partial charge in [-0.25, -0.2) is 4.98 Å². The lowest BCUT2D eigenvalue weighted by molar-refractivity contribution is 0.0934. The van der Waals surface area contributed by atoms with Gasteiger partial charge in [-0.15, -0.1) is 11.3 Å². The Bertz CT molecular complexity index is 375. The van der Waals surface area contributed by atoms with Gasteiger partial charge in [0.25, 0.3) is 5.91 Å². The fraction of sp³-hybridized carbons (Fsp3) is 0.636. The van der Waals surface area contributed by atoms with Crippen LogP contribution >= 0.6 is 23.1 Å². The van der Waals surface area contributed by atoms with Crippen LogP contribution in [0.15, 0.2) is 5.38 Å². The molecular formula is C11H17N3OS2. The molecule has 6 heteroatoms. The van der Waals surface area contributed by atoms with Crippen molar-refractivity contribution in [1.29, 1.82) is 0 Å². The topological polar surface area (TPSA) is 68.0 Å². The third-order valence-corrected chi connectivity index (χ3v) is 4.76. The van der Waals surface area contributed by atoms with Crippen LogP contribution < -0.4 is 11.1 Å². The summed E-state index contributed by atoms with van der Waals surface area (Å²) in [6, 6.07) is 0.306. The molecule has 2 rings (SSSR count). The van der Waals surface area contributed by atoms with Crippen LogP contribution in [0.5, 0.6) is 0 Å². The molecule has 1 amide bonds. The van der Waals surface area contributed by atoms with Crippen molar-refractivity contribution in [3.05, 3.63) is 16.1 Å². The molecule has 0 aromatic carbocycles. The van der Waals surface area contributed by atoms with E-state index < -0.39 is 0 Å². The number of hydrogen-bond acceptors (Lipinski definition) is 5. The number of thioether (sulfide) groups is 1. The van der Waals surface area contributed by atoms with Crippen LogP contribution in [0.4, 0.5) is 0 Å². The molecule has 1 aliphatic rings. The number of carbonyl (C=O) groups excluding carboxylic acids is 1. The van der Waals surface area contributed by atoms with Gasteiger partial charge in [0.1, 0.15) is 5.69 Å². The predicted molar refractivity (Wildman–Crippen MR) is 72.7 cm³/mol. The van der Waals surface area contributed by atoms with E-state index in [-0.39, 0.29) is 5.91 Å². The Balaban J connectivity index is 1.89. The first-order chi connectivity index (χ1) is 8.29. The molecule has 0 radical (unpaired) electrons. The van der Waals surface area contributed by atoms with Crippen LogP contribution in [-0.2, 0) is 6.42 Å². The van der Waals surface area contributed by atoms with Crippen molar-refractivity contribution in [3.63, 3.8) is 0 Å². The van der Waals surface area contributed by atoms with E-state index in [1.54, 1.807) is 0 Å². The average molecular weight is 271 g/mol. The highest BCUT2D eigenvalue weighted by Crippen LogP contribution is 2.17. The van der Waals surface area contributed by atoms with Crippen LogP contribution in [0.1, 0.15) is 28.3 Å². The molecule has 0 saturated carbocycles. The van der Waals surface area contributed by atoms with Gasteiger partial charge < -0.3 is 11.1 Å². The van der Waals surface area contributed by atoms with Gasteiger partial charge in [-0.1, -0.05) is 0 Å². The van der Waals surface area contributed by atoms with Crippen LogP contribution in [0.2, 0.25) is 0 Å². The minimum absolute atomic E-state index is 0.0444. The summed E-state index contributed by atoms with van der Waals surface area (Å²) >= 11 is 3.41. The maximum Gasteiger partial charge on any atom is 0.271 e. The van der Waals surface area contributed by atoms with E-state index in [1.165, 1.54) is 23.5 Å². The van der Waals surface area contributed by atoms with Crippen molar-refractivity contribution in [3.8, 4) is 0 Å². The zero-order valence-corrected chi connectivity index (χ0v) is 11.3. The lowest BCUT2D eigenvalue weighted by Gasteiger charge is -2.21. The molecule has 1 aromatic rings. The minimum Gasteiger partial charge on any atom is -0.347 e. The van der Waals surface area contributed by atoms with Gasteiger partial charge in [-0.2, -0.15) is 11.8 Å². The fourth-order valence-corrected chi connectivity index (χ4v) is 3.63. The Kier molecular flexibility index (Phi) is 4.82. The molecule has 3 N–H and O–H groups in total. The number of carbonyl (C=O) groups is 1. The summed E-state index contributed by atoms with van der Waals surface area (Å²) in [6.45, 7) is 0.577. The molecule has 1 saturated heterocycles. The smallest absolute Gasteiger partial charge is 0.271 e. The fourth-order valence-electron chi connectivity index (χ4n) is 1.77. The van der Waals surface area contributed by atoms with Gasteiger partial charge in [0.15, 0.2) is 0 Å². The van der Waals surface area contributed by atoms with Crippen molar-refractivity contribution in [2.24, 2.45) is 5.73 Å². The van der Waals surface area contributed by atoms with E-state index in [9.17, 15) is 4.79 Å². The Morgan fingerprint density at radius 2 is 2.53 bits per heavy atom. The van der Waals surface area contributed by atoms with Crippen molar-refractivity contribution >= 4 is 29.0 Å². The maximum atomic E-state index is 11.9. The van der Waals surface area contributed by atoms with Gasteiger partial charge in [0.05, 0.1) is 5.01 Å². The quantitative estimate of drug-likeness (QED) is 0.865. The number of thiazole rings is 1. The highest BCUT2D eigenvalue weighted by atomic mass is 32.2. The first kappa shape index (κ1) is 12.9. The first-order valence-electron chi connectivity index (χ1n) is 5.82. The Morgan fingerprint density at radius 3 is 3.24 bits per heavy atom. The second-order valence-corrected chi connectivity index (χ2v) is 6.15. The molecule has 0 spiro atoms. The molecular weight excluding hydrogens is 254 g/mol. The SMILES string of the molecule is NCCc1nc(C(=O)NC2CCCSC2)cs1. The molecule has 0 bridgehead atoms. The Hall–Kier alpha value is -0.590. The highest BCUT2D eigenvalue weighted by molar-refractivity contribution is 7.99. The number of nitrogens with zero attached hydrogens (tertiary/aromatic N) is 1. The number of nitrogens with one attached hydrogen (secondary N) is 1. The summed E-state index contributed by atoms with van der Waals surface area (Å²) in [4.78, 5) is 16.2. The normalized spacial score (nSPS) is 20.2. The number of rotatable bonds is 4. The lowest BCUT2D eigenvalue weighted by Crippen LogP contribution is -2.38. The summed E-state index contributed by atoms with van der Waals surface area (Å²) in [5.74, 6) is 2.19. The standard InChI is InChI=1S/C11H17N3OS2/c12-4-3-10-14-9(7-17-10)11(15)13-8-2-1-5-16-6-8/h7-8H,1-6,12H2,(H,13,15). The van der Waals surface area contributed by atoms with Crippen LogP contribution in [0, 0.1) is 0 Å². The van der Waals surface area contributed by atoms with Gasteiger partial charge in [-0.05, 0) is 25.1 Å². The van der Waals surface area contributed by atoms with E-state index >= 15 is 0 Å². The number of nitrogens with two attached hydrogens (primary N) is 1. The van der Waals surface area contributed by atoms with E-state index in [1.807, 2.05) is 17.1 Å². The number of aromatic nitrogens is 1. The van der Waals surface area contributed by atoms with Crippen molar-refractivity contribution < 1.29 is 4.79 Å². The molecule has 1 aromatic heterocycles. The van der Waals surface area contributed by atoms with Gasteiger partial charge >= 0.3 is 0 Å². The highest BCUT2D eigenvalue weighted by Gasteiger charge is 2.18. The molecule has 4 nitrogen and oxygen atoms in total.